The van der Waals surface area contributed by atoms with Crippen molar-refractivity contribution in [2.75, 3.05) is 32.8 Å². The van der Waals surface area contributed by atoms with Gasteiger partial charge in [0.05, 0.1) is 23.9 Å². The highest BCUT2D eigenvalue weighted by Crippen LogP contribution is 2.19. The number of aromatic nitrogens is 2. The molecule has 1 aliphatic heterocycles. The van der Waals surface area contributed by atoms with Gasteiger partial charge >= 0.3 is 0 Å². The van der Waals surface area contributed by atoms with E-state index in [0.717, 1.165) is 32.0 Å². The van der Waals surface area contributed by atoms with Crippen LogP contribution in [0.4, 0.5) is 0 Å². The third-order valence-corrected chi connectivity index (χ3v) is 4.47. The Bertz CT molecular complexity index is 697. The summed E-state index contributed by atoms with van der Waals surface area (Å²) in [5.74, 6) is -0.180. The average Bonchev–Trinajstić information content (AvgIpc) is 3.10. The van der Waals surface area contributed by atoms with Crippen LogP contribution in [0.1, 0.15) is 17.4 Å². The number of ether oxygens (including phenoxy) is 1. The van der Waals surface area contributed by atoms with Gasteiger partial charge in [-0.25, -0.2) is 4.68 Å². The summed E-state index contributed by atoms with van der Waals surface area (Å²) in [5, 5.41) is 7.85. The molecule has 1 aliphatic rings. The summed E-state index contributed by atoms with van der Waals surface area (Å²) in [7, 11) is 0. The van der Waals surface area contributed by atoms with E-state index in [9.17, 15) is 4.79 Å². The van der Waals surface area contributed by atoms with Gasteiger partial charge in [-0.1, -0.05) is 23.7 Å². The molecule has 2 heterocycles. The predicted octanol–water partition coefficient (Wildman–Crippen LogP) is 1.98. The van der Waals surface area contributed by atoms with Crippen molar-refractivity contribution in [3.63, 3.8) is 0 Å². The fraction of sp³-hybridized carbons (Fsp3) is 0.412. The van der Waals surface area contributed by atoms with E-state index in [1.165, 1.54) is 0 Å². The van der Waals surface area contributed by atoms with Gasteiger partial charge in [0.2, 0.25) is 0 Å². The normalized spacial score (nSPS) is 16.8. The SMILES string of the molecule is C[C@@H](CNC(=O)c1ccn(-c2ccccc2Cl)n1)N1CCOCC1. The van der Waals surface area contributed by atoms with Crippen LogP contribution in [0.3, 0.4) is 0 Å². The topological polar surface area (TPSA) is 59.4 Å². The number of hydrogen-bond donors (Lipinski definition) is 1. The third-order valence-electron chi connectivity index (χ3n) is 4.15. The van der Waals surface area contributed by atoms with Crippen molar-refractivity contribution in [1.82, 2.24) is 20.0 Å². The summed E-state index contributed by atoms with van der Waals surface area (Å²) >= 11 is 6.16. The molecule has 6 nitrogen and oxygen atoms in total. The van der Waals surface area contributed by atoms with Crippen molar-refractivity contribution in [1.29, 1.82) is 0 Å². The summed E-state index contributed by atoms with van der Waals surface area (Å²) in [6.07, 6.45) is 1.74. The minimum Gasteiger partial charge on any atom is -0.379 e. The Labute approximate surface area is 146 Å². The zero-order chi connectivity index (χ0) is 16.9. The molecule has 0 spiro atoms. The first-order valence-electron chi connectivity index (χ1n) is 8.06. The van der Waals surface area contributed by atoms with Crippen molar-refractivity contribution in [2.24, 2.45) is 0 Å². The van der Waals surface area contributed by atoms with E-state index in [4.69, 9.17) is 16.3 Å². The number of carbonyl (C=O) groups is 1. The van der Waals surface area contributed by atoms with E-state index in [-0.39, 0.29) is 11.9 Å². The first kappa shape index (κ1) is 17.0. The molecule has 1 saturated heterocycles. The summed E-state index contributed by atoms with van der Waals surface area (Å²) in [6, 6.07) is 9.35. The van der Waals surface area contributed by atoms with Crippen LogP contribution in [0.5, 0.6) is 0 Å². The molecule has 0 bridgehead atoms. The predicted molar refractivity (Wildman–Crippen MR) is 92.8 cm³/mol. The Morgan fingerprint density at radius 3 is 2.83 bits per heavy atom. The summed E-state index contributed by atoms with van der Waals surface area (Å²) in [6.45, 7) is 5.99. The van der Waals surface area contributed by atoms with Crippen molar-refractivity contribution in [2.45, 2.75) is 13.0 Å². The lowest BCUT2D eigenvalue weighted by Crippen LogP contribution is -2.47. The first-order valence-corrected chi connectivity index (χ1v) is 8.43. The molecular weight excluding hydrogens is 328 g/mol. The van der Waals surface area contributed by atoms with Gasteiger partial charge in [-0.15, -0.1) is 0 Å². The zero-order valence-corrected chi connectivity index (χ0v) is 14.4. The molecule has 1 amide bonds. The van der Waals surface area contributed by atoms with Gasteiger partial charge in [-0.05, 0) is 25.1 Å². The number of amides is 1. The van der Waals surface area contributed by atoms with E-state index < -0.39 is 0 Å². The second kappa shape index (κ2) is 7.79. The maximum Gasteiger partial charge on any atom is 0.271 e. The third kappa shape index (κ3) is 3.95. The lowest BCUT2D eigenvalue weighted by Gasteiger charge is -2.32. The Hall–Kier alpha value is -1.89. The largest absolute Gasteiger partial charge is 0.379 e. The van der Waals surface area contributed by atoms with Gasteiger partial charge in [0.25, 0.3) is 5.91 Å². The average molecular weight is 349 g/mol. The Morgan fingerprint density at radius 2 is 2.08 bits per heavy atom. The van der Waals surface area contributed by atoms with Crippen LogP contribution in [0, 0.1) is 0 Å². The molecule has 24 heavy (non-hydrogen) atoms. The monoisotopic (exact) mass is 348 g/mol. The maximum absolute atomic E-state index is 12.3. The van der Waals surface area contributed by atoms with Gasteiger partial charge in [-0.2, -0.15) is 5.10 Å². The molecule has 128 valence electrons. The molecule has 3 rings (SSSR count). The van der Waals surface area contributed by atoms with Crippen LogP contribution in [-0.4, -0.2) is 59.5 Å². The van der Waals surface area contributed by atoms with E-state index in [2.05, 4.69) is 22.2 Å². The number of benzene rings is 1. The number of halogens is 1. The molecule has 1 N–H and O–H groups in total. The number of morpholine rings is 1. The van der Waals surface area contributed by atoms with Gasteiger partial charge in [0.15, 0.2) is 5.69 Å². The van der Waals surface area contributed by atoms with Gasteiger partial charge in [-0.3, -0.25) is 9.69 Å². The molecule has 7 heteroatoms. The Morgan fingerprint density at radius 1 is 1.33 bits per heavy atom. The highest BCUT2D eigenvalue weighted by atomic mass is 35.5. The van der Waals surface area contributed by atoms with E-state index in [1.54, 1.807) is 23.0 Å². The fourth-order valence-corrected chi connectivity index (χ4v) is 2.92. The van der Waals surface area contributed by atoms with Crippen molar-refractivity contribution < 1.29 is 9.53 Å². The lowest BCUT2D eigenvalue weighted by molar-refractivity contribution is 0.0204. The van der Waals surface area contributed by atoms with Gasteiger partial charge in [0, 0.05) is 31.9 Å². The molecular formula is C17H21ClN4O2. The molecule has 0 radical (unpaired) electrons. The molecule has 1 fully saturated rings. The molecule has 0 aliphatic carbocycles. The summed E-state index contributed by atoms with van der Waals surface area (Å²) < 4.78 is 6.96. The molecule has 1 atom stereocenters. The molecule has 1 aromatic carbocycles. The Kier molecular flexibility index (Phi) is 5.50. The van der Waals surface area contributed by atoms with Crippen molar-refractivity contribution in [3.05, 3.63) is 47.2 Å². The summed E-state index contributed by atoms with van der Waals surface area (Å²) in [4.78, 5) is 14.6. The highest BCUT2D eigenvalue weighted by molar-refractivity contribution is 6.32. The van der Waals surface area contributed by atoms with E-state index in [1.807, 2.05) is 18.2 Å². The number of nitrogens with one attached hydrogen (secondary N) is 1. The maximum atomic E-state index is 12.3. The highest BCUT2D eigenvalue weighted by Gasteiger charge is 2.18. The molecule has 0 saturated carbocycles. The van der Waals surface area contributed by atoms with Gasteiger partial charge < -0.3 is 10.1 Å². The first-order chi connectivity index (χ1) is 11.6. The van der Waals surface area contributed by atoms with Crippen LogP contribution in [-0.2, 0) is 4.74 Å². The van der Waals surface area contributed by atoms with Crippen molar-refractivity contribution in [3.8, 4) is 5.69 Å². The number of hydrogen-bond acceptors (Lipinski definition) is 4. The van der Waals surface area contributed by atoms with Crippen LogP contribution in [0.25, 0.3) is 5.69 Å². The standard InChI is InChI=1S/C17H21ClN4O2/c1-13(21-8-10-24-11-9-21)12-19-17(23)15-6-7-22(20-15)16-5-3-2-4-14(16)18/h2-7,13H,8-12H2,1H3,(H,19,23)/t13-/m0/s1. The minimum atomic E-state index is -0.180. The van der Waals surface area contributed by atoms with Crippen LogP contribution in [0.15, 0.2) is 36.5 Å². The molecule has 1 aromatic heterocycles. The van der Waals surface area contributed by atoms with E-state index >= 15 is 0 Å². The Balaban J connectivity index is 1.59. The minimum absolute atomic E-state index is 0.180. The van der Waals surface area contributed by atoms with Gasteiger partial charge in [0.1, 0.15) is 0 Å². The smallest absolute Gasteiger partial charge is 0.271 e. The van der Waals surface area contributed by atoms with Crippen LogP contribution < -0.4 is 5.32 Å². The fourth-order valence-electron chi connectivity index (χ4n) is 2.70. The number of rotatable bonds is 5. The summed E-state index contributed by atoms with van der Waals surface area (Å²) in [5.41, 5.74) is 1.13. The number of nitrogens with zero attached hydrogens (tertiary/aromatic N) is 3. The zero-order valence-electron chi connectivity index (χ0n) is 13.6. The van der Waals surface area contributed by atoms with Crippen LogP contribution >= 0.6 is 11.6 Å². The second-order valence-electron chi connectivity index (χ2n) is 5.80. The van der Waals surface area contributed by atoms with Crippen LogP contribution in [0.2, 0.25) is 5.02 Å². The number of carbonyl (C=O) groups excluding carboxylic acids is 1. The molecule has 2 aromatic rings. The quantitative estimate of drug-likeness (QED) is 0.897. The van der Waals surface area contributed by atoms with E-state index in [0.29, 0.717) is 17.3 Å². The molecule has 0 unspecified atom stereocenters. The van der Waals surface area contributed by atoms with Crippen molar-refractivity contribution >= 4 is 17.5 Å². The second-order valence-corrected chi connectivity index (χ2v) is 6.21. The number of para-hydroxylation sites is 1. The lowest BCUT2D eigenvalue weighted by atomic mass is 10.2.